The van der Waals surface area contributed by atoms with E-state index in [1.165, 1.54) is 0 Å². The van der Waals surface area contributed by atoms with Crippen LogP contribution in [0.25, 0.3) is 0 Å². The Morgan fingerprint density at radius 3 is 2.94 bits per heavy atom. The van der Waals surface area contributed by atoms with Crippen molar-refractivity contribution >= 4 is 15.9 Å². The molecular weight excluding hydrogens is 284 g/mol. The van der Waals surface area contributed by atoms with Gasteiger partial charge in [0.15, 0.2) is 5.82 Å². The zero-order valence-electron chi connectivity index (χ0n) is 9.39. The van der Waals surface area contributed by atoms with E-state index in [1.807, 2.05) is 13.1 Å². The van der Waals surface area contributed by atoms with Gasteiger partial charge in [-0.25, -0.2) is 4.98 Å². The molecule has 0 aliphatic heterocycles. The van der Waals surface area contributed by atoms with Crippen LogP contribution >= 0.6 is 15.9 Å². The van der Waals surface area contributed by atoms with Crippen LogP contribution in [-0.4, -0.2) is 19.9 Å². The van der Waals surface area contributed by atoms with Crippen LogP contribution in [0.15, 0.2) is 29.0 Å². The zero-order chi connectivity index (χ0) is 12.3. The van der Waals surface area contributed by atoms with Crippen LogP contribution in [0.1, 0.15) is 11.4 Å². The fourth-order valence-corrected chi connectivity index (χ4v) is 1.88. The van der Waals surface area contributed by atoms with Crippen molar-refractivity contribution < 1.29 is 5.11 Å². The Balaban J connectivity index is 1.91. The second kappa shape index (κ2) is 5.29. The van der Waals surface area contributed by atoms with Crippen molar-refractivity contribution in [1.82, 2.24) is 20.1 Å². The average Bonchev–Trinajstić information content (AvgIpc) is 2.69. The summed E-state index contributed by atoms with van der Waals surface area (Å²) in [6, 6.07) is 5.35. The predicted molar refractivity (Wildman–Crippen MR) is 67.4 cm³/mol. The Bertz CT molecular complexity index is 512. The number of benzene rings is 1. The number of nitrogens with zero attached hydrogens (tertiary/aromatic N) is 3. The first-order valence-corrected chi connectivity index (χ1v) is 5.97. The van der Waals surface area contributed by atoms with Crippen LogP contribution in [0, 0.1) is 0 Å². The van der Waals surface area contributed by atoms with E-state index in [1.54, 1.807) is 23.1 Å². The van der Waals surface area contributed by atoms with Crippen molar-refractivity contribution in [3.05, 3.63) is 40.4 Å². The zero-order valence-corrected chi connectivity index (χ0v) is 11.0. The topological polar surface area (TPSA) is 63.0 Å². The fourth-order valence-electron chi connectivity index (χ4n) is 1.47. The van der Waals surface area contributed by atoms with Gasteiger partial charge in [0.2, 0.25) is 0 Å². The van der Waals surface area contributed by atoms with Crippen molar-refractivity contribution in [2.45, 2.75) is 13.1 Å². The SMILES string of the molecule is Cn1cnc(CNCc2cc(Br)ccc2O)n1. The molecule has 0 radical (unpaired) electrons. The molecule has 6 heteroatoms. The molecule has 1 aromatic carbocycles. The van der Waals surface area contributed by atoms with Crippen LogP contribution in [0.4, 0.5) is 0 Å². The molecular formula is C11H13BrN4O. The molecule has 0 fully saturated rings. The van der Waals surface area contributed by atoms with E-state index in [0.717, 1.165) is 15.9 Å². The minimum Gasteiger partial charge on any atom is -0.508 e. The molecule has 2 aromatic rings. The number of nitrogens with one attached hydrogen (secondary N) is 1. The molecule has 1 heterocycles. The molecule has 2 N–H and O–H groups in total. The Kier molecular flexibility index (Phi) is 3.75. The van der Waals surface area contributed by atoms with Gasteiger partial charge < -0.3 is 10.4 Å². The Labute approximate surface area is 108 Å². The summed E-state index contributed by atoms with van der Waals surface area (Å²) in [5, 5.41) is 17.0. The molecule has 0 amide bonds. The standard InChI is InChI=1S/C11H13BrN4O/c1-16-7-14-11(15-16)6-13-5-8-4-9(12)2-3-10(8)17/h2-4,7,13,17H,5-6H2,1H3. The average molecular weight is 297 g/mol. The Morgan fingerprint density at radius 1 is 1.41 bits per heavy atom. The highest BCUT2D eigenvalue weighted by Crippen LogP contribution is 2.21. The molecule has 2 rings (SSSR count). The Hall–Kier alpha value is -1.40. The smallest absolute Gasteiger partial charge is 0.164 e. The molecule has 0 unspecified atom stereocenters. The maximum atomic E-state index is 9.64. The van der Waals surface area contributed by atoms with Crippen LogP contribution < -0.4 is 5.32 Å². The summed E-state index contributed by atoms with van der Waals surface area (Å²) in [5.74, 6) is 1.02. The monoisotopic (exact) mass is 296 g/mol. The summed E-state index contributed by atoms with van der Waals surface area (Å²) in [6.07, 6.45) is 1.66. The summed E-state index contributed by atoms with van der Waals surface area (Å²) in [6.45, 7) is 1.15. The second-order valence-electron chi connectivity index (χ2n) is 3.71. The number of hydrogen-bond acceptors (Lipinski definition) is 4. The number of halogens is 1. The van der Waals surface area contributed by atoms with Crippen LogP contribution in [0.5, 0.6) is 5.75 Å². The van der Waals surface area contributed by atoms with Crippen molar-refractivity contribution in [2.75, 3.05) is 0 Å². The molecule has 0 aliphatic carbocycles. The van der Waals surface area contributed by atoms with E-state index in [4.69, 9.17) is 0 Å². The second-order valence-corrected chi connectivity index (χ2v) is 4.63. The lowest BCUT2D eigenvalue weighted by Crippen LogP contribution is -2.14. The molecule has 17 heavy (non-hydrogen) atoms. The lowest BCUT2D eigenvalue weighted by molar-refractivity contribution is 0.463. The molecule has 0 atom stereocenters. The first-order chi connectivity index (χ1) is 8.15. The predicted octanol–water partition coefficient (Wildman–Crippen LogP) is 1.57. The molecule has 0 bridgehead atoms. The highest BCUT2D eigenvalue weighted by molar-refractivity contribution is 9.10. The molecule has 0 saturated heterocycles. The van der Waals surface area contributed by atoms with E-state index in [2.05, 4.69) is 31.3 Å². The number of aromatic nitrogens is 3. The van der Waals surface area contributed by atoms with Crippen molar-refractivity contribution in [1.29, 1.82) is 0 Å². The van der Waals surface area contributed by atoms with Gasteiger partial charge in [-0.1, -0.05) is 15.9 Å². The van der Waals surface area contributed by atoms with Crippen LogP contribution in [0.3, 0.4) is 0 Å². The van der Waals surface area contributed by atoms with Crippen LogP contribution in [-0.2, 0) is 20.1 Å². The summed E-state index contributed by atoms with van der Waals surface area (Å²) in [4.78, 5) is 4.10. The third kappa shape index (κ3) is 3.28. The number of rotatable bonds is 4. The number of phenolic OH excluding ortho intramolecular Hbond substituents is 1. The fraction of sp³-hybridized carbons (Fsp3) is 0.273. The van der Waals surface area contributed by atoms with E-state index in [0.29, 0.717) is 13.1 Å². The van der Waals surface area contributed by atoms with Crippen LogP contribution in [0.2, 0.25) is 0 Å². The van der Waals surface area contributed by atoms with Gasteiger partial charge in [0, 0.05) is 23.6 Å². The van der Waals surface area contributed by atoms with Crippen molar-refractivity contribution in [3.8, 4) is 5.75 Å². The molecule has 90 valence electrons. The van der Waals surface area contributed by atoms with Gasteiger partial charge in [0.25, 0.3) is 0 Å². The quantitative estimate of drug-likeness (QED) is 0.899. The van der Waals surface area contributed by atoms with E-state index in [-0.39, 0.29) is 5.75 Å². The maximum Gasteiger partial charge on any atom is 0.164 e. The lowest BCUT2D eigenvalue weighted by atomic mass is 10.2. The summed E-state index contributed by atoms with van der Waals surface area (Å²) in [5.41, 5.74) is 0.843. The lowest BCUT2D eigenvalue weighted by Gasteiger charge is -2.05. The molecule has 1 aromatic heterocycles. The van der Waals surface area contributed by atoms with Gasteiger partial charge in [-0.3, -0.25) is 4.68 Å². The van der Waals surface area contributed by atoms with Crippen molar-refractivity contribution in [3.63, 3.8) is 0 Å². The van der Waals surface area contributed by atoms with Gasteiger partial charge in [0.1, 0.15) is 12.1 Å². The number of aryl methyl sites for hydroxylation is 1. The minimum atomic E-state index is 0.287. The maximum absolute atomic E-state index is 9.64. The molecule has 5 nitrogen and oxygen atoms in total. The van der Waals surface area contributed by atoms with Gasteiger partial charge in [-0.2, -0.15) is 5.10 Å². The molecule has 0 spiro atoms. The summed E-state index contributed by atoms with van der Waals surface area (Å²) in [7, 11) is 1.83. The highest BCUT2D eigenvalue weighted by Gasteiger charge is 2.03. The largest absolute Gasteiger partial charge is 0.508 e. The van der Waals surface area contributed by atoms with Crippen molar-refractivity contribution in [2.24, 2.45) is 7.05 Å². The first-order valence-electron chi connectivity index (χ1n) is 5.18. The third-order valence-electron chi connectivity index (χ3n) is 2.29. The van der Waals surface area contributed by atoms with E-state index in [9.17, 15) is 5.11 Å². The third-order valence-corrected chi connectivity index (χ3v) is 2.78. The minimum absolute atomic E-state index is 0.287. The van der Waals surface area contributed by atoms with E-state index < -0.39 is 0 Å². The first kappa shape index (κ1) is 12.1. The number of phenols is 1. The normalized spacial score (nSPS) is 10.7. The van der Waals surface area contributed by atoms with E-state index >= 15 is 0 Å². The van der Waals surface area contributed by atoms with Gasteiger partial charge in [0.05, 0.1) is 6.54 Å². The molecule has 0 aliphatic rings. The van der Waals surface area contributed by atoms with Gasteiger partial charge in [-0.05, 0) is 18.2 Å². The molecule has 0 saturated carbocycles. The highest BCUT2D eigenvalue weighted by atomic mass is 79.9. The number of aromatic hydroxyl groups is 1. The number of hydrogen-bond donors (Lipinski definition) is 2. The van der Waals surface area contributed by atoms with Gasteiger partial charge in [-0.15, -0.1) is 0 Å². The van der Waals surface area contributed by atoms with Gasteiger partial charge >= 0.3 is 0 Å². The Morgan fingerprint density at radius 2 is 2.24 bits per heavy atom. The summed E-state index contributed by atoms with van der Waals surface area (Å²) >= 11 is 3.37. The summed E-state index contributed by atoms with van der Waals surface area (Å²) < 4.78 is 2.61.